The van der Waals surface area contributed by atoms with Crippen LogP contribution >= 0.6 is 15.9 Å². The summed E-state index contributed by atoms with van der Waals surface area (Å²) in [5.74, 6) is 1.40. The van der Waals surface area contributed by atoms with Crippen LogP contribution in [0.4, 0.5) is 17.3 Å². The fourth-order valence-electron chi connectivity index (χ4n) is 2.61. The Morgan fingerprint density at radius 3 is 2.91 bits per heavy atom. The molecule has 0 amide bonds. The summed E-state index contributed by atoms with van der Waals surface area (Å²) in [6.07, 6.45) is 5.12. The smallest absolute Gasteiger partial charge is 0.274 e. The summed E-state index contributed by atoms with van der Waals surface area (Å²) in [5.41, 5.74) is 0.342. The van der Waals surface area contributed by atoms with Crippen LogP contribution in [-0.4, -0.2) is 40.2 Å². The molecule has 1 aliphatic heterocycles. The number of aromatic nitrogens is 3. The molecule has 0 radical (unpaired) electrons. The fourth-order valence-corrected chi connectivity index (χ4v) is 3.15. The average Bonchev–Trinajstić information content (AvgIpc) is 2.53. The predicted molar refractivity (Wildman–Crippen MR) is 94.4 cm³/mol. The second kappa shape index (κ2) is 6.67. The summed E-state index contributed by atoms with van der Waals surface area (Å²) >= 11 is 3.38. The molecule has 23 heavy (non-hydrogen) atoms. The van der Waals surface area contributed by atoms with Crippen molar-refractivity contribution < 1.29 is 0 Å². The van der Waals surface area contributed by atoms with Crippen molar-refractivity contribution in [1.29, 1.82) is 0 Å². The largest absolute Gasteiger partial charge is 0.350 e. The molecule has 1 fully saturated rings. The van der Waals surface area contributed by atoms with E-state index in [-0.39, 0.29) is 5.56 Å². The van der Waals surface area contributed by atoms with Crippen LogP contribution < -0.4 is 21.1 Å². The summed E-state index contributed by atoms with van der Waals surface area (Å²) in [5, 5.41) is 6.38. The zero-order valence-corrected chi connectivity index (χ0v) is 14.7. The summed E-state index contributed by atoms with van der Waals surface area (Å²) < 4.78 is 2.33. The molecule has 122 valence electrons. The lowest BCUT2D eigenvalue weighted by Gasteiger charge is -2.34. The minimum atomic E-state index is -0.116. The summed E-state index contributed by atoms with van der Waals surface area (Å²) in [6, 6.07) is 2.12. The number of aryl methyl sites for hydroxylation is 1. The number of pyridine rings is 1. The first kappa shape index (κ1) is 15.9. The van der Waals surface area contributed by atoms with Gasteiger partial charge in [-0.15, -0.1) is 0 Å². The highest BCUT2D eigenvalue weighted by molar-refractivity contribution is 9.10. The Morgan fingerprint density at radius 2 is 2.22 bits per heavy atom. The molecule has 1 saturated heterocycles. The Morgan fingerprint density at radius 1 is 1.39 bits per heavy atom. The SMILES string of the molecule is CC1CNCCN1c1cnc(Nc2cc(Br)cn(C)c2=O)cn1. The monoisotopic (exact) mass is 378 g/mol. The standard InChI is InChI=1S/C15H19BrN6O/c1-10-6-17-3-4-22(10)14-8-18-13(7-19-14)20-12-5-11(16)9-21(2)15(12)23/h5,7-10,17H,3-4,6H2,1-2H3,(H,18,20). The third-order valence-electron chi connectivity index (χ3n) is 3.85. The van der Waals surface area contributed by atoms with Gasteiger partial charge in [0.05, 0.1) is 12.4 Å². The molecule has 3 rings (SSSR count). The Labute approximate surface area is 142 Å². The molecule has 1 unspecified atom stereocenters. The summed E-state index contributed by atoms with van der Waals surface area (Å²) in [7, 11) is 1.71. The minimum absolute atomic E-state index is 0.116. The molecule has 0 aliphatic carbocycles. The molecule has 7 nitrogen and oxygen atoms in total. The van der Waals surface area contributed by atoms with Gasteiger partial charge in [0, 0.05) is 43.4 Å². The van der Waals surface area contributed by atoms with Crippen LogP contribution in [0.3, 0.4) is 0 Å². The normalized spacial score (nSPS) is 18.0. The maximum atomic E-state index is 12.1. The van der Waals surface area contributed by atoms with Crippen LogP contribution in [0, 0.1) is 0 Å². The first-order valence-corrected chi connectivity index (χ1v) is 8.26. The van der Waals surface area contributed by atoms with E-state index in [2.05, 4.69) is 48.4 Å². The summed E-state index contributed by atoms with van der Waals surface area (Å²) in [4.78, 5) is 23.2. The molecule has 2 aromatic rings. The van der Waals surface area contributed by atoms with Gasteiger partial charge in [0.1, 0.15) is 17.3 Å². The van der Waals surface area contributed by atoms with Crippen molar-refractivity contribution in [2.45, 2.75) is 13.0 Å². The predicted octanol–water partition coefficient (Wildman–Crippen LogP) is 1.48. The van der Waals surface area contributed by atoms with E-state index < -0.39 is 0 Å². The second-order valence-corrected chi connectivity index (χ2v) is 6.54. The molecule has 3 heterocycles. The molecule has 8 heteroatoms. The van der Waals surface area contributed by atoms with Crippen molar-refractivity contribution in [2.75, 3.05) is 29.9 Å². The maximum Gasteiger partial charge on any atom is 0.274 e. The Kier molecular flexibility index (Phi) is 4.63. The summed E-state index contributed by atoms with van der Waals surface area (Å²) in [6.45, 7) is 4.95. The van der Waals surface area contributed by atoms with Gasteiger partial charge in [-0.25, -0.2) is 9.97 Å². The Bertz CT molecular complexity index is 745. The molecule has 0 saturated carbocycles. The van der Waals surface area contributed by atoms with E-state index in [4.69, 9.17) is 0 Å². The lowest BCUT2D eigenvalue weighted by atomic mass is 10.2. The fraction of sp³-hybridized carbons (Fsp3) is 0.400. The van der Waals surface area contributed by atoms with Crippen molar-refractivity contribution in [3.8, 4) is 0 Å². The molecule has 2 N–H and O–H groups in total. The number of hydrogen-bond donors (Lipinski definition) is 2. The average molecular weight is 379 g/mol. The second-order valence-electron chi connectivity index (χ2n) is 5.62. The van der Waals surface area contributed by atoms with E-state index in [0.29, 0.717) is 17.5 Å². The van der Waals surface area contributed by atoms with Gasteiger partial charge in [0.15, 0.2) is 0 Å². The third kappa shape index (κ3) is 3.53. The van der Waals surface area contributed by atoms with Crippen molar-refractivity contribution in [2.24, 2.45) is 7.05 Å². The van der Waals surface area contributed by atoms with Gasteiger partial charge in [0.25, 0.3) is 5.56 Å². The van der Waals surface area contributed by atoms with Gasteiger partial charge in [-0.1, -0.05) is 0 Å². The van der Waals surface area contributed by atoms with Crippen LogP contribution in [0.5, 0.6) is 0 Å². The zero-order valence-electron chi connectivity index (χ0n) is 13.1. The van der Waals surface area contributed by atoms with Crippen molar-refractivity contribution in [3.63, 3.8) is 0 Å². The van der Waals surface area contributed by atoms with Crippen molar-refractivity contribution in [1.82, 2.24) is 19.9 Å². The number of halogens is 1. The zero-order chi connectivity index (χ0) is 16.4. The topological polar surface area (TPSA) is 75.1 Å². The van der Waals surface area contributed by atoms with E-state index in [0.717, 1.165) is 29.9 Å². The number of anilines is 3. The molecule has 2 aromatic heterocycles. The van der Waals surface area contributed by atoms with Crippen LogP contribution in [0.15, 0.2) is 33.9 Å². The quantitative estimate of drug-likeness (QED) is 0.842. The van der Waals surface area contributed by atoms with Crippen molar-refractivity contribution in [3.05, 3.63) is 39.5 Å². The maximum absolute atomic E-state index is 12.1. The van der Waals surface area contributed by atoms with Crippen LogP contribution in [-0.2, 0) is 7.05 Å². The molecule has 0 bridgehead atoms. The van der Waals surface area contributed by atoms with Gasteiger partial charge in [-0.05, 0) is 28.9 Å². The Balaban J connectivity index is 1.79. The Hall–Kier alpha value is -1.93. The molecule has 1 atom stereocenters. The first-order chi connectivity index (χ1) is 11.0. The number of hydrogen-bond acceptors (Lipinski definition) is 6. The third-order valence-corrected chi connectivity index (χ3v) is 4.28. The van der Waals surface area contributed by atoms with E-state index >= 15 is 0 Å². The van der Waals surface area contributed by atoms with Gasteiger partial charge < -0.3 is 20.1 Å². The van der Waals surface area contributed by atoms with Crippen LogP contribution in [0.25, 0.3) is 0 Å². The lowest BCUT2D eigenvalue weighted by Crippen LogP contribution is -2.50. The highest BCUT2D eigenvalue weighted by Gasteiger charge is 2.19. The lowest BCUT2D eigenvalue weighted by molar-refractivity contribution is 0.496. The van der Waals surface area contributed by atoms with Gasteiger partial charge in [0.2, 0.25) is 0 Å². The van der Waals surface area contributed by atoms with E-state index in [1.54, 1.807) is 31.7 Å². The van der Waals surface area contributed by atoms with Gasteiger partial charge >= 0.3 is 0 Å². The highest BCUT2D eigenvalue weighted by Crippen LogP contribution is 2.18. The number of piperazine rings is 1. The van der Waals surface area contributed by atoms with E-state index in [9.17, 15) is 4.79 Å². The van der Waals surface area contributed by atoms with E-state index in [1.165, 1.54) is 4.57 Å². The first-order valence-electron chi connectivity index (χ1n) is 7.47. The van der Waals surface area contributed by atoms with E-state index in [1.807, 2.05) is 0 Å². The van der Waals surface area contributed by atoms with Crippen molar-refractivity contribution >= 4 is 33.3 Å². The molecule has 1 aliphatic rings. The number of nitrogens with one attached hydrogen (secondary N) is 2. The van der Waals surface area contributed by atoms with Crippen LogP contribution in [0.2, 0.25) is 0 Å². The van der Waals surface area contributed by atoms with Crippen LogP contribution in [0.1, 0.15) is 6.92 Å². The molecule has 0 aromatic carbocycles. The van der Waals surface area contributed by atoms with Gasteiger partial charge in [-0.2, -0.15) is 0 Å². The van der Waals surface area contributed by atoms with Gasteiger partial charge in [-0.3, -0.25) is 4.79 Å². The number of rotatable bonds is 3. The molecular weight excluding hydrogens is 360 g/mol. The minimum Gasteiger partial charge on any atom is -0.350 e. The highest BCUT2D eigenvalue weighted by atomic mass is 79.9. The molecular formula is C15H19BrN6O. The molecule has 0 spiro atoms. The number of nitrogens with zero attached hydrogens (tertiary/aromatic N) is 4.